The molecule has 4 rings (SSSR count). The van der Waals surface area contributed by atoms with Crippen molar-refractivity contribution in [1.82, 2.24) is 9.88 Å². The highest BCUT2D eigenvalue weighted by Gasteiger charge is 2.20. The molecule has 0 spiro atoms. The quantitative estimate of drug-likeness (QED) is 0.744. The van der Waals surface area contributed by atoms with E-state index >= 15 is 0 Å². The van der Waals surface area contributed by atoms with Gasteiger partial charge >= 0.3 is 0 Å². The number of ether oxygens (including phenoxy) is 1. The summed E-state index contributed by atoms with van der Waals surface area (Å²) >= 11 is 1.78. The average molecular weight is 340 g/mol. The van der Waals surface area contributed by atoms with Crippen LogP contribution in [0.4, 0.5) is 0 Å². The Balaban J connectivity index is 1.70. The predicted molar refractivity (Wildman–Crippen MR) is 101 cm³/mol. The van der Waals surface area contributed by atoms with Crippen LogP contribution in [0.3, 0.4) is 0 Å². The van der Waals surface area contributed by atoms with E-state index in [9.17, 15) is 0 Å². The molecule has 2 aromatic heterocycles. The number of benzene rings is 1. The van der Waals surface area contributed by atoms with Gasteiger partial charge in [-0.2, -0.15) is 11.3 Å². The average Bonchev–Trinajstić information content (AvgIpc) is 3.28. The van der Waals surface area contributed by atoms with Crippen molar-refractivity contribution >= 4 is 22.2 Å². The van der Waals surface area contributed by atoms with Crippen molar-refractivity contribution in [3.63, 3.8) is 0 Å². The summed E-state index contributed by atoms with van der Waals surface area (Å²) in [6.45, 7) is 3.27. The fourth-order valence-electron chi connectivity index (χ4n) is 3.76. The van der Waals surface area contributed by atoms with Crippen molar-refractivity contribution in [3.8, 4) is 5.75 Å². The Kier molecular flexibility index (Phi) is 4.58. The number of rotatable bonds is 5. The number of aryl methyl sites for hydroxylation is 2. The summed E-state index contributed by atoms with van der Waals surface area (Å²) in [5.41, 5.74) is 4.26. The van der Waals surface area contributed by atoms with Gasteiger partial charge in [0.15, 0.2) is 0 Å². The van der Waals surface area contributed by atoms with E-state index in [1.807, 2.05) is 0 Å². The fraction of sp³-hybridized carbons (Fsp3) is 0.400. The predicted octanol–water partition coefficient (Wildman–Crippen LogP) is 4.42. The molecule has 0 aliphatic carbocycles. The third kappa shape index (κ3) is 3.08. The number of hydrogen-bond acceptors (Lipinski definition) is 3. The lowest BCUT2D eigenvalue weighted by Crippen LogP contribution is -2.26. The van der Waals surface area contributed by atoms with Crippen molar-refractivity contribution < 1.29 is 4.74 Å². The van der Waals surface area contributed by atoms with Gasteiger partial charge in [0.25, 0.3) is 0 Å². The van der Waals surface area contributed by atoms with E-state index in [2.05, 4.69) is 51.1 Å². The second kappa shape index (κ2) is 6.99. The van der Waals surface area contributed by atoms with Gasteiger partial charge in [0.05, 0.1) is 7.11 Å². The van der Waals surface area contributed by atoms with Gasteiger partial charge in [0, 0.05) is 23.6 Å². The van der Waals surface area contributed by atoms with Gasteiger partial charge in [-0.25, -0.2) is 0 Å². The van der Waals surface area contributed by atoms with Crippen LogP contribution in [0, 0.1) is 0 Å². The van der Waals surface area contributed by atoms with Crippen LogP contribution >= 0.6 is 11.3 Å². The molecule has 0 radical (unpaired) electrons. The minimum atomic E-state index is 0.656. The molecule has 1 fully saturated rings. The van der Waals surface area contributed by atoms with E-state index < -0.39 is 0 Å². The lowest BCUT2D eigenvalue weighted by molar-refractivity contribution is 0.415. The van der Waals surface area contributed by atoms with Gasteiger partial charge in [-0.1, -0.05) is 0 Å². The summed E-state index contributed by atoms with van der Waals surface area (Å²) in [4.78, 5) is 0. The number of thiophene rings is 1. The smallest absolute Gasteiger partial charge is 0.119 e. The van der Waals surface area contributed by atoms with Crippen LogP contribution in [0.5, 0.6) is 5.75 Å². The summed E-state index contributed by atoms with van der Waals surface area (Å²) in [7, 11) is 1.75. The largest absolute Gasteiger partial charge is 0.497 e. The maximum atomic E-state index is 5.47. The molecule has 1 saturated heterocycles. The maximum absolute atomic E-state index is 5.47. The fourth-order valence-corrected chi connectivity index (χ4v) is 4.46. The number of nitrogens with zero attached hydrogens (tertiary/aromatic N) is 1. The van der Waals surface area contributed by atoms with Crippen LogP contribution in [-0.2, 0) is 13.0 Å². The number of piperidine rings is 1. The van der Waals surface area contributed by atoms with E-state index in [4.69, 9.17) is 4.74 Å². The van der Waals surface area contributed by atoms with E-state index in [1.54, 1.807) is 18.4 Å². The number of hydrogen-bond donors (Lipinski definition) is 1. The first-order valence-corrected chi connectivity index (χ1v) is 9.68. The van der Waals surface area contributed by atoms with Crippen molar-refractivity contribution in [1.29, 1.82) is 0 Å². The van der Waals surface area contributed by atoms with Crippen LogP contribution in [0.1, 0.15) is 29.9 Å². The van der Waals surface area contributed by atoms with Crippen molar-refractivity contribution in [2.24, 2.45) is 0 Å². The maximum Gasteiger partial charge on any atom is 0.119 e. The molecule has 1 N–H and O–H groups in total. The number of fused-ring (bicyclic) bond motifs is 1. The molecule has 4 heteroatoms. The molecule has 1 aliphatic heterocycles. The second-order valence-corrected chi connectivity index (χ2v) is 7.35. The van der Waals surface area contributed by atoms with Gasteiger partial charge in [-0.05, 0) is 84.4 Å². The number of aromatic nitrogens is 1. The van der Waals surface area contributed by atoms with E-state index in [0.717, 1.165) is 31.8 Å². The summed E-state index contributed by atoms with van der Waals surface area (Å²) in [5, 5.41) is 9.26. The van der Waals surface area contributed by atoms with Gasteiger partial charge in [0.1, 0.15) is 5.75 Å². The van der Waals surface area contributed by atoms with E-state index in [0.29, 0.717) is 5.92 Å². The van der Waals surface area contributed by atoms with Gasteiger partial charge < -0.3 is 14.6 Å². The van der Waals surface area contributed by atoms with Gasteiger partial charge in [-0.3, -0.25) is 0 Å². The SMILES string of the molecule is COc1ccc2c(c1)c(C1CCNCC1)cn2CCc1ccsc1. The highest BCUT2D eigenvalue weighted by molar-refractivity contribution is 7.07. The van der Waals surface area contributed by atoms with Crippen LogP contribution in [0.2, 0.25) is 0 Å². The molecule has 126 valence electrons. The van der Waals surface area contributed by atoms with Gasteiger partial charge in [-0.15, -0.1) is 0 Å². The molecule has 1 aromatic carbocycles. The molecule has 3 heterocycles. The van der Waals surface area contributed by atoms with Gasteiger partial charge in [0.2, 0.25) is 0 Å². The molecular weight excluding hydrogens is 316 g/mol. The van der Waals surface area contributed by atoms with Crippen LogP contribution < -0.4 is 10.1 Å². The molecule has 0 amide bonds. The molecule has 24 heavy (non-hydrogen) atoms. The number of methoxy groups -OCH3 is 1. The first-order chi connectivity index (χ1) is 11.8. The third-order valence-electron chi connectivity index (χ3n) is 5.12. The lowest BCUT2D eigenvalue weighted by Gasteiger charge is -2.22. The first-order valence-electron chi connectivity index (χ1n) is 8.74. The third-order valence-corrected chi connectivity index (χ3v) is 5.85. The van der Waals surface area contributed by atoms with E-state index in [-0.39, 0.29) is 0 Å². The Morgan fingerprint density at radius 3 is 2.88 bits per heavy atom. The molecule has 3 nitrogen and oxygen atoms in total. The first kappa shape index (κ1) is 15.7. The zero-order valence-electron chi connectivity index (χ0n) is 14.1. The minimum absolute atomic E-state index is 0.656. The molecule has 0 bridgehead atoms. The molecule has 0 unspecified atom stereocenters. The van der Waals surface area contributed by atoms with Crippen molar-refractivity contribution in [3.05, 3.63) is 52.3 Å². The summed E-state index contributed by atoms with van der Waals surface area (Å²) in [5.74, 6) is 1.61. The lowest BCUT2D eigenvalue weighted by atomic mass is 9.90. The topological polar surface area (TPSA) is 26.2 Å². The Morgan fingerprint density at radius 2 is 2.12 bits per heavy atom. The van der Waals surface area contributed by atoms with Crippen LogP contribution in [-0.4, -0.2) is 24.8 Å². The van der Waals surface area contributed by atoms with Crippen molar-refractivity contribution in [2.75, 3.05) is 20.2 Å². The number of nitrogens with one attached hydrogen (secondary N) is 1. The highest BCUT2D eigenvalue weighted by atomic mass is 32.1. The van der Waals surface area contributed by atoms with Crippen LogP contribution in [0.15, 0.2) is 41.2 Å². The molecular formula is C20H24N2OS. The summed E-state index contributed by atoms with van der Waals surface area (Å²) in [6, 6.07) is 8.74. The summed E-state index contributed by atoms with van der Waals surface area (Å²) in [6.07, 6.45) is 5.93. The van der Waals surface area contributed by atoms with Crippen LogP contribution in [0.25, 0.3) is 10.9 Å². The minimum Gasteiger partial charge on any atom is -0.497 e. The summed E-state index contributed by atoms with van der Waals surface area (Å²) < 4.78 is 7.91. The Morgan fingerprint density at radius 1 is 1.25 bits per heavy atom. The van der Waals surface area contributed by atoms with E-state index in [1.165, 1.54) is 34.9 Å². The zero-order chi connectivity index (χ0) is 16.4. The normalized spacial score (nSPS) is 15.9. The standard InChI is InChI=1S/C20H24N2OS/c1-23-17-2-3-20-18(12-17)19(16-4-8-21-9-5-16)13-22(20)10-6-15-7-11-24-14-15/h2-3,7,11-14,16,21H,4-6,8-10H2,1H3. The second-order valence-electron chi connectivity index (χ2n) is 6.57. The Bertz CT molecular complexity index is 801. The highest BCUT2D eigenvalue weighted by Crippen LogP contribution is 2.35. The molecule has 1 aliphatic rings. The molecule has 0 saturated carbocycles. The molecule has 3 aromatic rings. The van der Waals surface area contributed by atoms with Crippen molar-refractivity contribution in [2.45, 2.75) is 31.7 Å². The Hall–Kier alpha value is -1.78. The zero-order valence-corrected chi connectivity index (χ0v) is 14.9. The molecule has 0 atom stereocenters. The Labute approximate surface area is 147 Å². The monoisotopic (exact) mass is 340 g/mol.